The van der Waals surface area contributed by atoms with E-state index in [-0.39, 0.29) is 29.5 Å². The Labute approximate surface area is 308 Å². The average Bonchev–Trinajstić information content (AvgIpc) is 3.57. The zero-order chi connectivity index (χ0) is 37.3. The van der Waals surface area contributed by atoms with Crippen LogP contribution >= 0.6 is 23.1 Å². The minimum Gasteiger partial charge on any atom is -0.493 e. The highest BCUT2D eigenvalue weighted by molar-refractivity contribution is 7.99. The van der Waals surface area contributed by atoms with Gasteiger partial charge in [-0.15, -0.1) is 0 Å². The Morgan fingerprint density at radius 2 is 1.69 bits per heavy atom. The van der Waals surface area contributed by atoms with E-state index in [4.69, 9.17) is 19.2 Å². The fourth-order valence-corrected chi connectivity index (χ4v) is 8.07. The van der Waals surface area contributed by atoms with E-state index in [9.17, 15) is 19.7 Å². The van der Waals surface area contributed by atoms with E-state index in [2.05, 4.69) is 4.57 Å². The number of allylic oxidation sites excluding steroid dienone is 1. The highest BCUT2D eigenvalue weighted by atomic mass is 32.2. The predicted molar refractivity (Wildman–Crippen MR) is 202 cm³/mol. The summed E-state index contributed by atoms with van der Waals surface area (Å²) in [6.45, 7) is 11.5. The molecule has 6 rings (SSSR count). The molecule has 0 radical (unpaired) electrons. The maximum Gasteiger partial charge on any atom is 0.338 e. The number of rotatable bonds is 11. The number of esters is 1. The summed E-state index contributed by atoms with van der Waals surface area (Å²) < 4.78 is 21.2. The molecule has 1 atom stereocenters. The minimum atomic E-state index is -0.797. The van der Waals surface area contributed by atoms with Gasteiger partial charge in [-0.05, 0) is 113 Å². The number of aromatic nitrogens is 2. The van der Waals surface area contributed by atoms with Crippen molar-refractivity contribution in [1.82, 2.24) is 9.13 Å². The van der Waals surface area contributed by atoms with Gasteiger partial charge in [0.2, 0.25) is 0 Å². The van der Waals surface area contributed by atoms with Gasteiger partial charge < -0.3 is 18.8 Å². The van der Waals surface area contributed by atoms with Crippen LogP contribution in [0, 0.1) is 24.0 Å². The molecular weight excluding hydrogens is 701 g/mol. The van der Waals surface area contributed by atoms with E-state index < -0.39 is 16.9 Å². The Morgan fingerprint density at radius 3 is 2.31 bits per heavy atom. The number of aryl methyl sites for hydroxylation is 1. The number of nitro benzene ring substituents is 1. The number of benzene rings is 3. The van der Waals surface area contributed by atoms with Crippen molar-refractivity contribution in [2.75, 3.05) is 13.7 Å². The first-order chi connectivity index (χ1) is 24.9. The average molecular weight is 739 g/mol. The van der Waals surface area contributed by atoms with Crippen LogP contribution in [0.2, 0.25) is 0 Å². The van der Waals surface area contributed by atoms with E-state index in [1.54, 1.807) is 49.8 Å². The number of methoxy groups -OCH3 is 1. The van der Waals surface area contributed by atoms with Crippen LogP contribution < -0.4 is 24.4 Å². The summed E-state index contributed by atoms with van der Waals surface area (Å²) in [5, 5.41) is 11.0. The highest BCUT2D eigenvalue weighted by Crippen LogP contribution is 2.37. The molecule has 11 nitrogen and oxygen atoms in total. The first kappa shape index (κ1) is 36.4. The van der Waals surface area contributed by atoms with Gasteiger partial charge in [0.15, 0.2) is 16.3 Å². The predicted octanol–water partition coefficient (Wildman–Crippen LogP) is 7.06. The molecule has 1 aliphatic heterocycles. The molecule has 0 saturated heterocycles. The molecule has 0 bridgehead atoms. The van der Waals surface area contributed by atoms with E-state index >= 15 is 0 Å². The number of nitro groups is 1. The second-order valence-corrected chi connectivity index (χ2v) is 14.5. The SMILES string of the molecule is CCOC(=O)C1=C(C)N=c2s/c(=C\c3cc(C)n(-c4ccc(Sc5ccc([N+](=O)[O-])cc5)cc4)c3C)c(=O)n2[C@@H]1c1ccc(OC(C)C)c(OC)c1. The summed E-state index contributed by atoms with van der Waals surface area (Å²) >= 11 is 2.79. The maximum atomic E-state index is 14.3. The lowest BCUT2D eigenvalue weighted by Crippen LogP contribution is -2.40. The Hall–Kier alpha value is -5.40. The van der Waals surface area contributed by atoms with Gasteiger partial charge in [0.25, 0.3) is 11.2 Å². The molecule has 0 N–H and O–H groups in total. The molecule has 0 unspecified atom stereocenters. The largest absolute Gasteiger partial charge is 0.493 e. The molecule has 0 aliphatic carbocycles. The lowest BCUT2D eigenvalue weighted by molar-refractivity contribution is -0.384. The third-order valence-corrected chi connectivity index (χ3v) is 10.5. The molecule has 0 amide bonds. The van der Waals surface area contributed by atoms with Crippen LogP contribution in [0.1, 0.15) is 56.3 Å². The van der Waals surface area contributed by atoms with E-state index in [0.29, 0.717) is 32.1 Å². The number of carbonyl (C=O) groups excluding carboxylic acids is 1. The molecule has 5 aromatic rings. The lowest BCUT2D eigenvalue weighted by Gasteiger charge is -2.25. The van der Waals surface area contributed by atoms with E-state index in [0.717, 1.165) is 32.4 Å². The number of hydrogen-bond donors (Lipinski definition) is 0. The second kappa shape index (κ2) is 15.1. The first-order valence-corrected chi connectivity index (χ1v) is 18.3. The number of carbonyl (C=O) groups is 1. The van der Waals surface area contributed by atoms with Crippen LogP contribution in [0.4, 0.5) is 5.69 Å². The highest BCUT2D eigenvalue weighted by Gasteiger charge is 2.34. The van der Waals surface area contributed by atoms with Gasteiger partial charge in [-0.2, -0.15) is 0 Å². The Bertz CT molecular complexity index is 2390. The van der Waals surface area contributed by atoms with Crippen LogP contribution in [0.15, 0.2) is 104 Å². The molecule has 0 fully saturated rings. The van der Waals surface area contributed by atoms with Crippen molar-refractivity contribution in [3.05, 3.63) is 136 Å². The van der Waals surface area contributed by atoms with Crippen LogP contribution in [0.5, 0.6) is 11.5 Å². The number of nitrogens with zero attached hydrogens (tertiary/aromatic N) is 4. The molecule has 52 heavy (non-hydrogen) atoms. The third kappa shape index (κ3) is 7.19. The van der Waals surface area contributed by atoms with Gasteiger partial charge in [0.05, 0.1) is 46.6 Å². The summed E-state index contributed by atoms with van der Waals surface area (Å²) in [6.07, 6.45) is 1.80. The quantitative estimate of drug-likeness (QED) is 0.0801. The Morgan fingerprint density at radius 1 is 1.02 bits per heavy atom. The summed E-state index contributed by atoms with van der Waals surface area (Å²) in [4.78, 5) is 45.4. The standard InChI is InChI=1S/C39H38N4O7S2/c1-8-49-38(45)35-24(5)40-39-42(36(35)26-9-18-32(50-22(2)3)33(20-26)48-7)37(44)34(52-39)21-27-19-23(4)41(25(27)6)28-10-14-30(15-11-28)51-31-16-12-29(13-17-31)43(46)47/h9-22,36H,8H2,1-7H3/b34-21-/t36-/m1/s1. The number of non-ortho nitro benzene ring substituents is 1. The van der Waals surface area contributed by atoms with Gasteiger partial charge in [-0.25, -0.2) is 9.79 Å². The molecule has 1 aliphatic rings. The fraction of sp³-hybridized carbons (Fsp3) is 0.256. The maximum absolute atomic E-state index is 14.3. The number of fused-ring (bicyclic) bond motifs is 1. The fourth-order valence-electron chi connectivity index (χ4n) is 6.22. The normalized spacial score (nSPS) is 14.3. The van der Waals surface area contributed by atoms with Crippen molar-refractivity contribution in [2.24, 2.45) is 4.99 Å². The van der Waals surface area contributed by atoms with Crippen molar-refractivity contribution in [1.29, 1.82) is 0 Å². The molecule has 0 saturated carbocycles. The molecule has 268 valence electrons. The van der Waals surface area contributed by atoms with Crippen LogP contribution in [-0.4, -0.2) is 39.8 Å². The van der Waals surface area contributed by atoms with Crippen molar-refractivity contribution < 1.29 is 23.9 Å². The van der Waals surface area contributed by atoms with Gasteiger partial charge in [0, 0.05) is 39.0 Å². The van der Waals surface area contributed by atoms with Crippen LogP contribution in [-0.2, 0) is 9.53 Å². The summed E-state index contributed by atoms with van der Waals surface area (Å²) in [7, 11) is 1.55. The zero-order valence-corrected chi connectivity index (χ0v) is 31.5. The van der Waals surface area contributed by atoms with Gasteiger partial charge in [-0.3, -0.25) is 19.5 Å². The minimum absolute atomic E-state index is 0.0571. The second-order valence-electron chi connectivity index (χ2n) is 12.4. The molecule has 0 spiro atoms. The number of ether oxygens (including phenoxy) is 3. The van der Waals surface area contributed by atoms with E-state index in [1.807, 2.05) is 70.2 Å². The molecule has 3 heterocycles. The van der Waals surface area contributed by atoms with Gasteiger partial charge in [-0.1, -0.05) is 29.2 Å². The zero-order valence-electron chi connectivity index (χ0n) is 29.8. The topological polar surface area (TPSA) is 127 Å². The molecular formula is C39H38N4O7S2. The number of hydrogen-bond acceptors (Lipinski definition) is 10. The Kier molecular flexibility index (Phi) is 10.5. The van der Waals surface area contributed by atoms with Crippen molar-refractivity contribution in [3.63, 3.8) is 0 Å². The molecule has 2 aromatic heterocycles. The van der Waals surface area contributed by atoms with E-state index in [1.165, 1.54) is 35.2 Å². The van der Waals surface area contributed by atoms with Crippen molar-refractivity contribution >= 4 is 40.8 Å². The summed E-state index contributed by atoms with van der Waals surface area (Å²) in [5.41, 5.74) is 4.97. The molecule has 3 aromatic carbocycles. The van der Waals surface area contributed by atoms with Crippen LogP contribution in [0.3, 0.4) is 0 Å². The summed E-state index contributed by atoms with van der Waals surface area (Å²) in [5.74, 6) is 0.502. The lowest BCUT2D eigenvalue weighted by atomic mass is 9.95. The van der Waals surface area contributed by atoms with Crippen molar-refractivity contribution in [2.45, 2.75) is 63.5 Å². The monoisotopic (exact) mass is 738 g/mol. The van der Waals surface area contributed by atoms with Crippen molar-refractivity contribution in [3.8, 4) is 17.2 Å². The number of thiazole rings is 1. The van der Waals surface area contributed by atoms with Gasteiger partial charge in [0.1, 0.15) is 0 Å². The first-order valence-electron chi connectivity index (χ1n) is 16.7. The molecule has 13 heteroatoms. The third-order valence-electron chi connectivity index (χ3n) is 8.52. The summed E-state index contributed by atoms with van der Waals surface area (Å²) in [6, 6.07) is 21.2. The van der Waals surface area contributed by atoms with Crippen LogP contribution in [0.25, 0.3) is 11.8 Å². The van der Waals surface area contributed by atoms with Gasteiger partial charge >= 0.3 is 5.97 Å². The Balaban J connectivity index is 1.38. The smallest absolute Gasteiger partial charge is 0.338 e.